The van der Waals surface area contributed by atoms with E-state index in [-0.39, 0.29) is 11.2 Å². The third-order valence-electron chi connectivity index (χ3n) is 3.42. The van der Waals surface area contributed by atoms with Gasteiger partial charge < -0.3 is 4.57 Å². The Labute approximate surface area is 134 Å². The highest BCUT2D eigenvalue weighted by Gasteiger charge is 2.17. The molecule has 21 heavy (non-hydrogen) atoms. The number of hydrogen-bond acceptors (Lipinski definition) is 2. The lowest BCUT2D eigenvalue weighted by Crippen LogP contribution is -2.09. The van der Waals surface area contributed by atoms with Crippen LogP contribution in [0.15, 0.2) is 28.9 Å². The van der Waals surface area contributed by atoms with Crippen molar-refractivity contribution < 1.29 is 4.39 Å². The minimum absolute atomic E-state index is 0.271. The molecule has 4 nitrogen and oxygen atoms in total. The summed E-state index contributed by atoms with van der Waals surface area (Å²) in [5.41, 5.74) is 2.43. The summed E-state index contributed by atoms with van der Waals surface area (Å²) >= 11 is 9.42. The maximum atomic E-state index is 13.9. The highest BCUT2D eigenvalue weighted by Crippen LogP contribution is 2.29. The van der Waals surface area contributed by atoms with Gasteiger partial charge in [-0.25, -0.2) is 9.37 Å². The van der Waals surface area contributed by atoms with Crippen molar-refractivity contribution in [1.29, 1.82) is 0 Å². The van der Waals surface area contributed by atoms with Crippen LogP contribution in [0.1, 0.15) is 23.8 Å². The quantitative estimate of drug-likeness (QED) is 0.652. The Bertz CT molecular complexity index is 809. The molecule has 0 N–H and O–H groups in total. The molecule has 1 atom stereocenters. The maximum Gasteiger partial charge on any atom is 0.139 e. The number of hydrogen-bond donors (Lipinski definition) is 0. The number of rotatable bonds is 3. The molecule has 1 unspecified atom stereocenters. The lowest BCUT2D eigenvalue weighted by atomic mass is 10.3. The molecule has 0 aliphatic carbocycles. The number of nitrogens with zero attached hydrogens (tertiary/aromatic N) is 4. The molecule has 0 radical (unpaired) electrons. The minimum Gasteiger partial charge on any atom is -0.321 e. The van der Waals surface area contributed by atoms with Crippen LogP contribution in [0, 0.1) is 5.82 Å². The van der Waals surface area contributed by atoms with Gasteiger partial charge in [0.15, 0.2) is 0 Å². The summed E-state index contributed by atoms with van der Waals surface area (Å²) in [6, 6.07) is 5.07. The molecule has 0 bridgehead atoms. The molecule has 0 aliphatic rings. The van der Waals surface area contributed by atoms with E-state index in [0.29, 0.717) is 22.4 Å². The van der Waals surface area contributed by atoms with Crippen LogP contribution in [0.5, 0.6) is 0 Å². The molecule has 2 heterocycles. The molecule has 0 aliphatic heterocycles. The maximum absolute atomic E-state index is 13.9. The van der Waals surface area contributed by atoms with E-state index in [9.17, 15) is 4.39 Å². The van der Waals surface area contributed by atoms with Gasteiger partial charge in [0.2, 0.25) is 0 Å². The minimum atomic E-state index is -0.317. The first kappa shape index (κ1) is 14.5. The van der Waals surface area contributed by atoms with E-state index in [1.807, 2.05) is 24.6 Å². The first-order valence-electron chi connectivity index (χ1n) is 6.43. The van der Waals surface area contributed by atoms with E-state index in [1.54, 1.807) is 16.9 Å². The van der Waals surface area contributed by atoms with Gasteiger partial charge in [0.25, 0.3) is 0 Å². The molecule has 0 saturated heterocycles. The predicted molar refractivity (Wildman–Crippen MR) is 84.0 cm³/mol. The van der Waals surface area contributed by atoms with E-state index in [0.717, 1.165) is 11.2 Å². The van der Waals surface area contributed by atoms with Crippen LogP contribution >= 0.6 is 27.5 Å². The van der Waals surface area contributed by atoms with Gasteiger partial charge in [0, 0.05) is 19.3 Å². The van der Waals surface area contributed by atoms with Crippen molar-refractivity contribution in [1.82, 2.24) is 19.3 Å². The molecule has 7 heteroatoms. The number of alkyl halides is 1. The fourth-order valence-electron chi connectivity index (χ4n) is 2.33. The molecule has 3 rings (SSSR count). The number of aryl methyl sites for hydroxylation is 1. The highest BCUT2D eigenvalue weighted by molar-refractivity contribution is 9.10. The summed E-state index contributed by atoms with van der Waals surface area (Å²) in [5, 5.41) is 3.88. The summed E-state index contributed by atoms with van der Waals surface area (Å²) in [6.45, 7) is 2.40. The van der Waals surface area contributed by atoms with E-state index < -0.39 is 0 Å². The van der Waals surface area contributed by atoms with Crippen LogP contribution in [-0.4, -0.2) is 19.3 Å². The van der Waals surface area contributed by atoms with Crippen molar-refractivity contribution in [2.75, 3.05) is 0 Å². The van der Waals surface area contributed by atoms with Gasteiger partial charge in [-0.15, -0.1) is 11.6 Å². The Morgan fingerprint density at radius 1 is 1.43 bits per heavy atom. The second-order valence-corrected chi connectivity index (χ2v) is 6.38. The Kier molecular flexibility index (Phi) is 3.75. The van der Waals surface area contributed by atoms with Crippen molar-refractivity contribution in [2.24, 2.45) is 7.05 Å². The molecular formula is C14H13BrClFN4. The largest absolute Gasteiger partial charge is 0.321 e. The lowest BCUT2D eigenvalue weighted by Gasteiger charge is -2.11. The van der Waals surface area contributed by atoms with Gasteiger partial charge in [0.1, 0.15) is 11.6 Å². The zero-order valence-corrected chi connectivity index (χ0v) is 13.9. The van der Waals surface area contributed by atoms with Crippen LogP contribution in [0.25, 0.3) is 11.0 Å². The zero-order chi connectivity index (χ0) is 15.1. The van der Waals surface area contributed by atoms with Crippen molar-refractivity contribution in [2.45, 2.75) is 18.8 Å². The van der Waals surface area contributed by atoms with Crippen LogP contribution in [0.3, 0.4) is 0 Å². The van der Waals surface area contributed by atoms with Crippen LogP contribution in [-0.2, 0) is 13.6 Å². The van der Waals surface area contributed by atoms with Gasteiger partial charge >= 0.3 is 0 Å². The van der Waals surface area contributed by atoms with Crippen molar-refractivity contribution >= 4 is 38.6 Å². The Morgan fingerprint density at radius 3 is 2.81 bits per heavy atom. The van der Waals surface area contributed by atoms with E-state index in [4.69, 9.17) is 11.6 Å². The molecular weight excluding hydrogens is 359 g/mol. The first-order chi connectivity index (χ1) is 9.97. The smallest absolute Gasteiger partial charge is 0.139 e. The van der Waals surface area contributed by atoms with Gasteiger partial charge in [0.05, 0.1) is 33.1 Å². The second kappa shape index (κ2) is 5.42. The Balaban J connectivity index is 2.20. The van der Waals surface area contributed by atoms with Crippen LogP contribution in [0.2, 0.25) is 0 Å². The molecule has 2 aromatic heterocycles. The van der Waals surface area contributed by atoms with E-state index in [1.165, 1.54) is 6.07 Å². The number of halogens is 3. The number of benzene rings is 1. The summed E-state index contributed by atoms with van der Waals surface area (Å²) < 4.78 is 18.0. The average molecular weight is 372 g/mol. The molecule has 1 aromatic carbocycles. The second-order valence-electron chi connectivity index (χ2n) is 4.87. The van der Waals surface area contributed by atoms with Crippen LogP contribution < -0.4 is 0 Å². The molecule has 0 spiro atoms. The third kappa shape index (κ3) is 2.58. The first-order valence-corrected chi connectivity index (χ1v) is 7.66. The Hall–Kier alpha value is -1.40. The number of aromatic nitrogens is 4. The normalized spacial score (nSPS) is 13.0. The topological polar surface area (TPSA) is 35.6 Å². The molecule has 0 saturated carbocycles. The Morgan fingerprint density at radius 2 is 2.19 bits per heavy atom. The van der Waals surface area contributed by atoms with E-state index in [2.05, 4.69) is 26.0 Å². The van der Waals surface area contributed by atoms with Crippen molar-refractivity contribution in [3.8, 4) is 0 Å². The SMILES string of the molecule is CC(Cl)c1nc2cc(Br)c(F)cc2n1Cc1ccnn1C. The van der Waals surface area contributed by atoms with Crippen LogP contribution in [0.4, 0.5) is 4.39 Å². The number of fused-ring (bicyclic) bond motifs is 1. The number of imidazole rings is 1. The fourth-order valence-corrected chi connectivity index (χ4v) is 2.82. The summed E-state index contributed by atoms with van der Waals surface area (Å²) in [4.78, 5) is 4.53. The standard InChI is InChI=1S/C14H13BrClFN4/c1-8(16)14-19-12-5-10(15)11(17)6-13(12)21(14)7-9-3-4-18-20(9)2/h3-6,8H,7H2,1-2H3. The summed E-state index contributed by atoms with van der Waals surface area (Å²) in [5.74, 6) is 0.396. The van der Waals surface area contributed by atoms with Gasteiger partial charge in [-0.05, 0) is 35.0 Å². The molecule has 110 valence electrons. The third-order valence-corrected chi connectivity index (χ3v) is 4.22. The van der Waals surface area contributed by atoms with Crippen molar-refractivity contribution in [3.05, 3.63) is 46.2 Å². The lowest BCUT2D eigenvalue weighted by molar-refractivity contribution is 0.620. The van der Waals surface area contributed by atoms with Gasteiger partial charge in [-0.2, -0.15) is 5.10 Å². The molecule has 0 amide bonds. The summed E-state index contributed by atoms with van der Waals surface area (Å²) in [6.07, 6.45) is 1.73. The fraction of sp³-hybridized carbons (Fsp3) is 0.286. The predicted octanol–water partition coefficient (Wildman–Crippen LogP) is 4.02. The van der Waals surface area contributed by atoms with E-state index >= 15 is 0 Å². The summed E-state index contributed by atoms with van der Waals surface area (Å²) in [7, 11) is 1.87. The van der Waals surface area contributed by atoms with Gasteiger partial charge in [-0.3, -0.25) is 4.68 Å². The average Bonchev–Trinajstić information content (AvgIpc) is 2.97. The van der Waals surface area contributed by atoms with Gasteiger partial charge in [-0.1, -0.05) is 0 Å². The highest BCUT2D eigenvalue weighted by atomic mass is 79.9. The zero-order valence-electron chi connectivity index (χ0n) is 11.5. The monoisotopic (exact) mass is 370 g/mol. The molecule has 0 fully saturated rings. The van der Waals surface area contributed by atoms with Crippen molar-refractivity contribution in [3.63, 3.8) is 0 Å². The molecule has 3 aromatic rings.